The third kappa shape index (κ3) is 9.53. The number of ether oxygens (including phenoxy) is 4. The number of nitrogens with zero attached hydrogens (tertiary/aromatic N) is 1. The minimum Gasteiger partial charge on any atom is -0.456 e. The van der Waals surface area contributed by atoms with Gasteiger partial charge in [-0.2, -0.15) is 0 Å². The van der Waals surface area contributed by atoms with Gasteiger partial charge in [0.1, 0.15) is 24.0 Å². The quantitative estimate of drug-likeness (QED) is 0.247. The third-order valence-electron chi connectivity index (χ3n) is 11.6. The first-order valence-corrected chi connectivity index (χ1v) is 19.0. The molecule has 4 rings (SSSR count). The Kier molecular flexibility index (Phi) is 14.3. The second kappa shape index (κ2) is 17.8. The average Bonchev–Trinajstić information content (AvgIpc) is 3.60. The lowest BCUT2D eigenvalue weighted by molar-refractivity contribution is -0.302. The molecular formula is C40H59NO11. The predicted molar refractivity (Wildman–Crippen MR) is 191 cm³/mol. The van der Waals surface area contributed by atoms with Crippen LogP contribution in [-0.4, -0.2) is 102 Å². The number of esters is 1. The van der Waals surface area contributed by atoms with Crippen molar-refractivity contribution in [1.29, 1.82) is 0 Å². The van der Waals surface area contributed by atoms with Gasteiger partial charge in [-0.3, -0.25) is 24.0 Å². The molecule has 290 valence electrons. The van der Waals surface area contributed by atoms with E-state index in [2.05, 4.69) is 6.92 Å². The highest BCUT2D eigenvalue weighted by atomic mass is 16.7. The molecule has 0 aromatic heterocycles. The van der Waals surface area contributed by atoms with Gasteiger partial charge in [0.05, 0.1) is 12.2 Å². The summed E-state index contributed by atoms with van der Waals surface area (Å²) in [5, 5.41) is 11.9. The van der Waals surface area contributed by atoms with Crippen molar-refractivity contribution in [1.82, 2.24) is 4.90 Å². The molecule has 12 heteroatoms. The Hall–Kier alpha value is -3.06. The van der Waals surface area contributed by atoms with Crippen LogP contribution in [0, 0.1) is 29.6 Å². The first-order valence-electron chi connectivity index (χ1n) is 19.0. The third-order valence-corrected chi connectivity index (χ3v) is 11.6. The zero-order valence-electron chi connectivity index (χ0n) is 32.2. The van der Waals surface area contributed by atoms with E-state index in [1.807, 2.05) is 39.8 Å². The number of aliphatic hydroxyl groups is 1. The fourth-order valence-electron chi connectivity index (χ4n) is 8.51. The molecule has 2 bridgehead atoms. The standard InChI is InChI=1S/C40H59NO11/c1-22-16-23(2)18-33(49-7)36-34(50-8)20-27(6)40(48,52-36)37(45)38(46)41-15-9-10-29(41)39(47)51-35(24(3)11-13-30(42)25(4)17-22)26(5)19-28-12-14-31(43)32(44)21-28/h17,19,23-25,27-29,33-36,48H,9-16,18,20-21H2,1-8H3/b22-17+,26-19+. The SMILES string of the molecule is COC1CC(C)C/C(C)=C/C(C)C(=O)CCC(C)C(/C(C)=C/C2CCC(=O)C(=O)C2)OC(=O)C2CCCN2C(=O)C(=O)C2(O)OC1C(OC)CC2C. The van der Waals surface area contributed by atoms with Gasteiger partial charge in [0.15, 0.2) is 11.6 Å². The zero-order chi connectivity index (χ0) is 38.5. The van der Waals surface area contributed by atoms with Gasteiger partial charge in [-0.05, 0) is 82.1 Å². The van der Waals surface area contributed by atoms with E-state index in [4.69, 9.17) is 18.9 Å². The summed E-state index contributed by atoms with van der Waals surface area (Å²) in [4.78, 5) is 80.6. The number of amides is 1. The summed E-state index contributed by atoms with van der Waals surface area (Å²) >= 11 is 0. The van der Waals surface area contributed by atoms with Crippen LogP contribution in [0.3, 0.4) is 0 Å². The summed E-state index contributed by atoms with van der Waals surface area (Å²) < 4.78 is 24.0. The van der Waals surface area contributed by atoms with Crippen LogP contribution in [0.1, 0.15) is 106 Å². The van der Waals surface area contributed by atoms with Crippen LogP contribution in [0.25, 0.3) is 0 Å². The molecule has 2 saturated heterocycles. The number of carbonyl (C=O) groups is 6. The maximum Gasteiger partial charge on any atom is 0.329 e. The van der Waals surface area contributed by atoms with Gasteiger partial charge in [0.25, 0.3) is 11.7 Å². The van der Waals surface area contributed by atoms with E-state index < -0.39 is 65.6 Å². The summed E-state index contributed by atoms with van der Waals surface area (Å²) in [6.07, 6.45) is 4.61. The molecular weight excluding hydrogens is 670 g/mol. The molecule has 3 aliphatic heterocycles. The monoisotopic (exact) mass is 729 g/mol. The van der Waals surface area contributed by atoms with Crippen LogP contribution in [0.4, 0.5) is 0 Å². The van der Waals surface area contributed by atoms with E-state index in [1.165, 1.54) is 19.1 Å². The fourth-order valence-corrected chi connectivity index (χ4v) is 8.51. The molecule has 3 heterocycles. The van der Waals surface area contributed by atoms with Crippen molar-refractivity contribution in [2.75, 3.05) is 20.8 Å². The molecule has 3 fully saturated rings. The molecule has 11 unspecified atom stereocenters. The molecule has 1 saturated carbocycles. The van der Waals surface area contributed by atoms with E-state index >= 15 is 0 Å². The van der Waals surface area contributed by atoms with E-state index in [1.54, 1.807) is 6.92 Å². The first-order chi connectivity index (χ1) is 24.5. The highest BCUT2D eigenvalue weighted by molar-refractivity contribution is 6.39. The number of ketones is 4. The molecule has 0 aromatic rings. The van der Waals surface area contributed by atoms with Crippen LogP contribution < -0.4 is 0 Å². The Bertz CT molecular complexity index is 1440. The Morgan fingerprint density at radius 2 is 1.60 bits per heavy atom. The van der Waals surface area contributed by atoms with Crippen LogP contribution in [0.15, 0.2) is 23.3 Å². The van der Waals surface area contributed by atoms with E-state index in [0.29, 0.717) is 37.7 Å². The normalized spacial score (nSPS) is 39.4. The van der Waals surface area contributed by atoms with Crippen molar-refractivity contribution in [3.8, 4) is 0 Å². The number of fused-ring (bicyclic) bond motifs is 3. The Balaban J connectivity index is 1.70. The molecule has 1 aliphatic carbocycles. The van der Waals surface area contributed by atoms with Crippen molar-refractivity contribution in [3.05, 3.63) is 23.3 Å². The van der Waals surface area contributed by atoms with E-state index in [-0.39, 0.29) is 73.9 Å². The summed E-state index contributed by atoms with van der Waals surface area (Å²) in [6.45, 7) is 11.4. The van der Waals surface area contributed by atoms with Gasteiger partial charge >= 0.3 is 5.97 Å². The molecule has 1 amide bonds. The Morgan fingerprint density at radius 1 is 0.923 bits per heavy atom. The molecule has 0 aromatic carbocycles. The van der Waals surface area contributed by atoms with Gasteiger partial charge in [0, 0.05) is 51.9 Å². The number of carbonyl (C=O) groups excluding carboxylic acids is 6. The number of cyclic esters (lactones) is 1. The molecule has 12 nitrogen and oxygen atoms in total. The van der Waals surface area contributed by atoms with Crippen molar-refractivity contribution in [3.63, 3.8) is 0 Å². The van der Waals surface area contributed by atoms with Crippen LogP contribution in [0.2, 0.25) is 0 Å². The Labute approximate surface area is 308 Å². The lowest BCUT2D eigenvalue weighted by Crippen LogP contribution is -2.63. The number of hydrogen-bond acceptors (Lipinski definition) is 11. The average molecular weight is 730 g/mol. The minimum absolute atomic E-state index is 0.0561. The number of methoxy groups -OCH3 is 2. The molecule has 52 heavy (non-hydrogen) atoms. The summed E-state index contributed by atoms with van der Waals surface area (Å²) in [5.41, 5.74) is 1.72. The summed E-state index contributed by atoms with van der Waals surface area (Å²) in [7, 11) is 3.06. The van der Waals surface area contributed by atoms with E-state index in [0.717, 1.165) is 5.57 Å². The lowest BCUT2D eigenvalue weighted by atomic mass is 9.82. The van der Waals surface area contributed by atoms with Crippen molar-refractivity contribution in [2.45, 2.75) is 142 Å². The van der Waals surface area contributed by atoms with Crippen LogP contribution in [0.5, 0.6) is 0 Å². The maximum atomic E-state index is 14.0. The molecule has 1 N–H and O–H groups in total. The molecule has 4 aliphatic rings. The lowest BCUT2D eigenvalue weighted by Gasteiger charge is -2.46. The largest absolute Gasteiger partial charge is 0.456 e. The number of allylic oxidation sites excluding steroid dienone is 3. The van der Waals surface area contributed by atoms with Crippen LogP contribution in [-0.2, 0) is 47.7 Å². The van der Waals surface area contributed by atoms with Crippen molar-refractivity contribution in [2.24, 2.45) is 29.6 Å². The van der Waals surface area contributed by atoms with Crippen molar-refractivity contribution < 1.29 is 52.8 Å². The summed E-state index contributed by atoms with van der Waals surface area (Å²) in [6, 6.07) is -1.07. The first kappa shape index (κ1) is 41.7. The number of rotatable bonds is 4. The van der Waals surface area contributed by atoms with Gasteiger partial charge in [-0.15, -0.1) is 0 Å². The van der Waals surface area contributed by atoms with Crippen molar-refractivity contribution >= 4 is 35.0 Å². The second-order valence-corrected chi connectivity index (χ2v) is 15.9. The van der Waals surface area contributed by atoms with Gasteiger partial charge in [-0.1, -0.05) is 45.4 Å². The highest BCUT2D eigenvalue weighted by Gasteiger charge is 2.56. The van der Waals surface area contributed by atoms with Gasteiger partial charge < -0.3 is 29.0 Å². The highest BCUT2D eigenvalue weighted by Crippen LogP contribution is 2.39. The number of Topliss-reactive ketones (excluding diaryl/α,β-unsaturated/α-hetero) is 4. The Morgan fingerprint density at radius 3 is 2.25 bits per heavy atom. The minimum atomic E-state index is -2.48. The van der Waals surface area contributed by atoms with Gasteiger partial charge in [-0.25, -0.2) is 4.79 Å². The predicted octanol–water partition coefficient (Wildman–Crippen LogP) is 4.48. The molecule has 11 atom stereocenters. The van der Waals surface area contributed by atoms with E-state index in [9.17, 15) is 33.9 Å². The smallest absolute Gasteiger partial charge is 0.329 e. The zero-order valence-corrected chi connectivity index (χ0v) is 32.2. The fraction of sp³-hybridized carbons (Fsp3) is 0.750. The van der Waals surface area contributed by atoms with Crippen LogP contribution >= 0.6 is 0 Å². The molecule has 0 spiro atoms. The van der Waals surface area contributed by atoms with Gasteiger partial charge in [0.2, 0.25) is 5.79 Å². The summed E-state index contributed by atoms with van der Waals surface area (Å²) in [5.74, 6) is -7.67. The topological polar surface area (TPSA) is 163 Å². The second-order valence-electron chi connectivity index (χ2n) is 15.9. The number of hydrogen-bond donors (Lipinski definition) is 1. The maximum absolute atomic E-state index is 14.0. The molecule has 0 radical (unpaired) electrons.